The third-order valence-electron chi connectivity index (χ3n) is 6.63. The monoisotopic (exact) mass is 506 g/mol. The maximum absolute atomic E-state index is 13.7. The van der Waals surface area contributed by atoms with Crippen LogP contribution in [0.1, 0.15) is 37.9 Å². The van der Waals surface area contributed by atoms with Crippen LogP contribution in [0.15, 0.2) is 54.6 Å². The number of amides is 3. The molecule has 184 valence electrons. The highest BCUT2D eigenvalue weighted by Gasteiger charge is 2.57. The molecular weight excluding hydrogens is 484 g/mol. The Balaban J connectivity index is 1.66. The van der Waals surface area contributed by atoms with Gasteiger partial charge in [0.1, 0.15) is 6.04 Å². The SMILES string of the molecule is COc1cc([C@H]2[C@@H](N3C(=O)c4ccccc4C3=O)C(=O)N2c2ccc(C)c(Cl)c2)cc(OC)c1OC. The number of carbonyl (C=O) groups is 3. The number of aryl methyl sites for hydroxylation is 1. The number of anilines is 1. The zero-order valence-electron chi connectivity index (χ0n) is 20.1. The average Bonchev–Trinajstić information content (AvgIpc) is 3.13. The summed E-state index contributed by atoms with van der Waals surface area (Å²) < 4.78 is 16.5. The van der Waals surface area contributed by atoms with Crippen LogP contribution >= 0.6 is 11.6 Å². The second-order valence-corrected chi connectivity index (χ2v) is 8.92. The molecule has 2 aliphatic rings. The molecular formula is C27H23ClN2O6. The molecule has 0 aliphatic carbocycles. The number of ether oxygens (including phenoxy) is 3. The van der Waals surface area contributed by atoms with Crippen LogP contribution in [0.5, 0.6) is 17.2 Å². The molecule has 8 nitrogen and oxygen atoms in total. The van der Waals surface area contributed by atoms with Gasteiger partial charge in [-0.05, 0) is 54.4 Å². The Morgan fingerprint density at radius 1 is 0.750 bits per heavy atom. The fourth-order valence-corrected chi connectivity index (χ4v) is 4.98. The minimum absolute atomic E-state index is 0.274. The number of imide groups is 1. The van der Waals surface area contributed by atoms with Gasteiger partial charge in [-0.25, -0.2) is 0 Å². The maximum atomic E-state index is 13.7. The van der Waals surface area contributed by atoms with Crippen LogP contribution in [-0.4, -0.2) is 50.0 Å². The molecule has 0 spiro atoms. The number of carbonyl (C=O) groups excluding carboxylic acids is 3. The second-order valence-electron chi connectivity index (χ2n) is 8.52. The van der Waals surface area contributed by atoms with Gasteiger partial charge in [0.15, 0.2) is 11.5 Å². The Bertz CT molecular complexity index is 1360. The average molecular weight is 507 g/mol. The van der Waals surface area contributed by atoms with E-state index in [1.54, 1.807) is 48.5 Å². The molecule has 0 N–H and O–H groups in total. The van der Waals surface area contributed by atoms with Gasteiger partial charge < -0.3 is 19.1 Å². The van der Waals surface area contributed by atoms with Crippen molar-refractivity contribution in [3.63, 3.8) is 0 Å². The molecule has 3 aromatic carbocycles. The number of hydrogen-bond donors (Lipinski definition) is 0. The molecule has 2 heterocycles. The molecule has 5 rings (SSSR count). The van der Waals surface area contributed by atoms with Crippen molar-refractivity contribution < 1.29 is 28.6 Å². The number of halogens is 1. The summed E-state index contributed by atoms with van der Waals surface area (Å²) in [7, 11) is 4.48. The molecule has 36 heavy (non-hydrogen) atoms. The summed E-state index contributed by atoms with van der Waals surface area (Å²) >= 11 is 6.37. The van der Waals surface area contributed by atoms with Crippen LogP contribution in [-0.2, 0) is 4.79 Å². The first-order valence-corrected chi connectivity index (χ1v) is 11.6. The summed E-state index contributed by atoms with van der Waals surface area (Å²) in [5.74, 6) is -0.260. The second kappa shape index (κ2) is 8.87. The van der Waals surface area contributed by atoms with Gasteiger partial charge in [0, 0.05) is 10.7 Å². The Kier molecular flexibility index (Phi) is 5.84. The molecule has 0 aromatic heterocycles. The van der Waals surface area contributed by atoms with E-state index in [2.05, 4.69) is 0 Å². The van der Waals surface area contributed by atoms with E-state index >= 15 is 0 Å². The Morgan fingerprint density at radius 3 is 1.83 bits per heavy atom. The van der Waals surface area contributed by atoms with Crippen LogP contribution in [0.2, 0.25) is 5.02 Å². The standard InChI is InChI=1S/C27H23ClN2O6/c1-14-9-10-16(13-19(14)28)29-22(15-11-20(34-2)24(36-4)21(12-15)35-3)23(27(29)33)30-25(31)17-7-5-6-8-18(17)26(30)32/h5-13,22-23H,1-4H3/t22-,23+/m0/s1. The van der Waals surface area contributed by atoms with E-state index in [1.165, 1.54) is 26.2 Å². The van der Waals surface area contributed by atoms with Crippen molar-refractivity contribution in [2.24, 2.45) is 0 Å². The topological polar surface area (TPSA) is 85.4 Å². The summed E-state index contributed by atoms with van der Waals surface area (Å²) in [4.78, 5) is 42.8. The van der Waals surface area contributed by atoms with Gasteiger partial charge in [0.2, 0.25) is 5.75 Å². The van der Waals surface area contributed by atoms with Crippen LogP contribution in [0, 0.1) is 6.92 Å². The number of nitrogens with zero attached hydrogens (tertiary/aromatic N) is 2. The number of fused-ring (bicyclic) bond motifs is 1. The van der Waals surface area contributed by atoms with Gasteiger partial charge in [-0.15, -0.1) is 0 Å². The first-order valence-electron chi connectivity index (χ1n) is 11.2. The van der Waals surface area contributed by atoms with Crippen molar-refractivity contribution >= 4 is 35.0 Å². The molecule has 0 radical (unpaired) electrons. The first-order chi connectivity index (χ1) is 17.3. The van der Waals surface area contributed by atoms with Crippen LogP contribution < -0.4 is 19.1 Å². The third-order valence-corrected chi connectivity index (χ3v) is 7.04. The Hall–Kier alpha value is -4.04. The number of benzene rings is 3. The largest absolute Gasteiger partial charge is 0.493 e. The molecule has 0 saturated carbocycles. The highest BCUT2D eigenvalue weighted by atomic mass is 35.5. The number of methoxy groups -OCH3 is 3. The smallest absolute Gasteiger partial charge is 0.262 e. The van der Waals surface area contributed by atoms with Crippen LogP contribution in [0.4, 0.5) is 5.69 Å². The normalized spacial score (nSPS) is 18.8. The fourth-order valence-electron chi connectivity index (χ4n) is 4.81. The Labute approximate surface area is 212 Å². The van der Waals surface area contributed by atoms with Crippen molar-refractivity contribution in [3.8, 4) is 17.2 Å². The number of β-lactam (4-membered cyclic amide) rings is 1. The summed E-state index contributed by atoms with van der Waals surface area (Å²) in [5.41, 5.74) is 2.55. The minimum atomic E-state index is -1.07. The number of rotatable bonds is 6. The quantitative estimate of drug-likeness (QED) is 0.363. The van der Waals surface area contributed by atoms with Gasteiger partial charge in [0.05, 0.1) is 38.5 Å². The molecule has 0 bridgehead atoms. The Morgan fingerprint density at radius 2 is 1.33 bits per heavy atom. The van der Waals surface area contributed by atoms with E-state index in [1.807, 2.05) is 13.0 Å². The first kappa shape index (κ1) is 23.7. The molecule has 0 unspecified atom stereocenters. The van der Waals surface area contributed by atoms with Gasteiger partial charge in [-0.2, -0.15) is 0 Å². The molecule has 1 fully saturated rings. The van der Waals surface area contributed by atoms with Crippen molar-refractivity contribution in [2.45, 2.75) is 19.0 Å². The lowest BCUT2D eigenvalue weighted by Gasteiger charge is -2.50. The van der Waals surface area contributed by atoms with E-state index in [0.717, 1.165) is 10.5 Å². The summed E-state index contributed by atoms with van der Waals surface area (Å²) in [6.45, 7) is 1.86. The molecule has 2 aliphatic heterocycles. The predicted octanol–water partition coefficient (Wildman–Crippen LogP) is 4.43. The lowest BCUT2D eigenvalue weighted by atomic mass is 9.85. The van der Waals surface area contributed by atoms with Crippen molar-refractivity contribution in [1.82, 2.24) is 4.90 Å². The van der Waals surface area contributed by atoms with Gasteiger partial charge in [-0.1, -0.05) is 29.8 Å². The van der Waals surface area contributed by atoms with Gasteiger partial charge in [-0.3, -0.25) is 19.3 Å². The predicted molar refractivity (Wildman–Crippen MR) is 133 cm³/mol. The fraction of sp³-hybridized carbons (Fsp3) is 0.222. The third kappa shape index (κ3) is 3.40. The van der Waals surface area contributed by atoms with E-state index < -0.39 is 29.8 Å². The van der Waals surface area contributed by atoms with E-state index in [-0.39, 0.29) is 11.1 Å². The van der Waals surface area contributed by atoms with E-state index in [9.17, 15) is 14.4 Å². The van der Waals surface area contributed by atoms with Gasteiger partial charge in [0.25, 0.3) is 17.7 Å². The zero-order chi connectivity index (χ0) is 25.7. The maximum Gasteiger partial charge on any atom is 0.262 e. The van der Waals surface area contributed by atoms with Gasteiger partial charge >= 0.3 is 0 Å². The minimum Gasteiger partial charge on any atom is -0.493 e. The molecule has 9 heteroatoms. The van der Waals surface area contributed by atoms with E-state index in [0.29, 0.717) is 33.5 Å². The van der Waals surface area contributed by atoms with Crippen molar-refractivity contribution in [3.05, 3.63) is 81.9 Å². The molecule has 2 atom stereocenters. The molecule has 3 aromatic rings. The zero-order valence-corrected chi connectivity index (χ0v) is 20.8. The van der Waals surface area contributed by atoms with Crippen molar-refractivity contribution in [1.29, 1.82) is 0 Å². The molecule has 1 saturated heterocycles. The molecule has 3 amide bonds. The summed E-state index contributed by atoms with van der Waals surface area (Å²) in [5, 5.41) is 0.494. The summed E-state index contributed by atoms with van der Waals surface area (Å²) in [6.07, 6.45) is 0. The van der Waals surface area contributed by atoms with Crippen LogP contribution in [0.25, 0.3) is 0 Å². The highest BCUT2D eigenvalue weighted by molar-refractivity contribution is 6.32. The lowest BCUT2D eigenvalue weighted by molar-refractivity contribution is -0.130. The number of hydrogen-bond acceptors (Lipinski definition) is 6. The van der Waals surface area contributed by atoms with Crippen LogP contribution in [0.3, 0.4) is 0 Å². The van der Waals surface area contributed by atoms with E-state index in [4.69, 9.17) is 25.8 Å². The summed E-state index contributed by atoms with van der Waals surface area (Å²) in [6, 6.07) is 13.5. The lowest BCUT2D eigenvalue weighted by Crippen LogP contribution is -2.67. The highest BCUT2D eigenvalue weighted by Crippen LogP contribution is 2.48. The van der Waals surface area contributed by atoms with Crippen molar-refractivity contribution in [2.75, 3.05) is 26.2 Å².